The van der Waals surface area contributed by atoms with Crippen LogP contribution < -0.4 is 10.6 Å². The van der Waals surface area contributed by atoms with Crippen LogP contribution in [0.3, 0.4) is 0 Å². The van der Waals surface area contributed by atoms with Crippen molar-refractivity contribution >= 4 is 40.4 Å². The van der Waals surface area contributed by atoms with Gasteiger partial charge in [-0.15, -0.1) is 0 Å². The molecular weight excluding hydrogens is 418 g/mol. The molecule has 0 unspecified atom stereocenters. The van der Waals surface area contributed by atoms with Gasteiger partial charge in [0.15, 0.2) is 6.61 Å². The first-order chi connectivity index (χ1) is 16.1. The SMILES string of the molecule is O=C(COC(=O)C=Cc1ccc2ccccc2n1)Nc1ccccc1C(=O)NC1CCCC1. The number of nitrogens with zero attached hydrogens (tertiary/aromatic N) is 1. The molecule has 1 heterocycles. The number of esters is 1. The van der Waals surface area contributed by atoms with Crippen LogP contribution in [0.4, 0.5) is 5.69 Å². The minimum absolute atomic E-state index is 0.172. The number of pyridine rings is 1. The lowest BCUT2D eigenvalue weighted by molar-refractivity contribution is -0.142. The quantitative estimate of drug-likeness (QED) is 0.423. The Kier molecular flexibility index (Phi) is 7.09. The molecule has 1 fully saturated rings. The Labute approximate surface area is 191 Å². The van der Waals surface area contributed by atoms with Crippen molar-refractivity contribution in [1.29, 1.82) is 0 Å². The molecule has 1 aromatic heterocycles. The van der Waals surface area contributed by atoms with Crippen molar-refractivity contribution in [2.75, 3.05) is 11.9 Å². The molecule has 0 atom stereocenters. The Bertz CT molecular complexity index is 1200. The second kappa shape index (κ2) is 10.5. The summed E-state index contributed by atoms with van der Waals surface area (Å²) in [5.41, 5.74) is 2.19. The first kappa shape index (κ1) is 22.2. The molecule has 2 amide bonds. The van der Waals surface area contributed by atoms with Crippen molar-refractivity contribution in [1.82, 2.24) is 10.3 Å². The van der Waals surface area contributed by atoms with Crippen LogP contribution in [0.1, 0.15) is 41.7 Å². The highest BCUT2D eigenvalue weighted by atomic mass is 16.5. The van der Waals surface area contributed by atoms with E-state index in [1.165, 1.54) is 12.2 Å². The molecule has 4 rings (SSSR count). The fourth-order valence-corrected chi connectivity index (χ4v) is 3.82. The molecule has 1 aliphatic rings. The van der Waals surface area contributed by atoms with Crippen LogP contribution in [0.2, 0.25) is 0 Å². The number of nitrogens with one attached hydrogen (secondary N) is 2. The second-order valence-electron chi connectivity index (χ2n) is 7.92. The summed E-state index contributed by atoms with van der Waals surface area (Å²) >= 11 is 0. The molecule has 7 heteroatoms. The van der Waals surface area contributed by atoms with Crippen LogP contribution in [-0.4, -0.2) is 35.4 Å². The number of carbonyl (C=O) groups is 3. The number of aromatic nitrogens is 1. The van der Waals surface area contributed by atoms with Crippen LogP contribution in [-0.2, 0) is 14.3 Å². The number of para-hydroxylation sites is 2. The number of amides is 2. The summed E-state index contributed by atoms with van der Waals surface area (Å²) in [6, 6.07) is 18.3. The molecule has 3 aromatic rings. The first-order valence-corrected chi connectivity index (χ1v) is 11.0. The Balaban J connectivity index is 1.30. The van der Waals surface area contributed by atoms with E-state index in [1.807, 2.05) is 30.3 Å². The summed E-state index contributed by atoms with van der Waals surface area (Å²) in [6.45, 7) is -0.465. The number of anilines is 1. The van der Waals surface area contributed by atoms with Crippen molar-refractivity contribution in [2.45, 2.75) is 31.7 Å². The summed E-state index contributed by atoms with van der Waals surface area (Å²) in [6.07, 6.45) is 6.93. The zero-order valence-corrected chi connectivity index (χ0v) is 18.1. The zero-order valence-electron chi connectivity index (χ0n) is 18.1. The molecule has 2 aromatic carbocycles. The Morgan fingerprint density at radius 1 is 0.970 bits per heavy atom. The third-order valence-corrected chi connectivity index (χ3v) is 5.49. The third kappa shape index (κ3) is 6.04. The normalized spacial score (nSPS) is 13.8. The van der Waals surface area contributed by atoms with Gasteiger partial charge in [-0.25, -0.2) is 9.78 Å². The average Bonchev–Trinajstić information content (AvgIpc) is 3.34. The van der Waals surface area contributed by atoms with Crippen LogP contribution in [0, 0.1) is 0 Å². The van der Waals surface area contributed by atoms with Gasteiger partial charge in [0, 0.05) is 17.5 Å². The lowest BCUT2D eigenvalue weighted by Gasteiger charge is -2.15. The van der Waals surface area contributed by atoms with Crippen LogP contribution in [0.25, 0.3) is 17.0 Å². The van der Waals surface area contributed by atoms with Gasteiger partial charge in [-0.05, 0) is 43.2 Å². The number of benzene rings is 2. The summed E-state index contributed by atoms with van der Waals surface area (Å²) in [4.78, 5) is 41.4. The number of hydrogen-bond acceptors (Lipinski definition) is 5. The van der Waals surface area contributed by atoms with E-state index in [0.29, 0.717) is 16.9 Å². The summed E-state index contributed by atoms with van der Waals surface area (Å²) in [5.74, 6) is -1.41. The third-order valence-electron chi connectivity index (χ3n) is 5.49. The number of rotatable bonds is 7. The van der Waals surface area contributed by atoms with Gasteiger partial charge in [0.05, 0.1) is 22.5 Å². The van der Waals surface area contributed by atoms with Gasteiger partial charge in [-0.3, -0.25) is 9.59 Å². The van der Waals surface area contributed by atoms with Gasteiger partial charge in [0.2, 0.25) is 0 Å². The molecule has 0 saturated heterocycles. The predicted molar refractivity (Wildman–Crippen MR) is 127 cm³/mol. The molecule has 0 radical (unpaired) electrons. The number of fused-ring (bicyclic) bond motifs is 1. The van der Waals surface area contributed by atoms with Gasteiger partial charge in [-0.2, -0.15) is 0 Å². The molecule has 168 valence electrons. The lowest BCUT2D eigenvalue weighted by atomic mass is 10.1. The van der Waals surface area contributed by atoms with E-state index in [4.69, 9.17) is 4.74 Å². The average molecular weight is 444 g/mol. The van der Waals surface area contributed by atoms with E-state index in [-0.39, 0.29) is 11.9 Å². The highest BCUT2D eigenvalue weighted by Crippen LogP contribution is 2.20. The number of ether oxygens (including phenoxy) is 1. The molecule has 1 aliphatic carbocycles. The summed E-state index contributed by atoms with van der Waals surface area (Å²) in [7, 11) is 0. The Hall–Kier alpha value is -4.00. The van der Waals surface area contributed by atoms with Gasteiger partial charge >= 0.3 is 5.97 Å². The van der Waals surface area contributed by atoms with Gasteiger partial charge in [-0.1, -0.05) is 49.2 Å². The largest absolute Gasteiger partial charge is 0.452 e. The van der Waals surface area contributed by atoms with E-state index in [1.54, 1.807) is 30.3 Å². The molecule has 0 bridgehead atoms. The molecule has 33 heavy (non-hydrogen) atoms. The maximum absolute atomic E-state index is 12.6. The molecule has 0 spiro atoms. The first-order valence-electron chi connectivity index (χ1n) is 11.0. The van der Waals surface area contributed by atoms with Crippen molar-refractivity contribution < 1.29 is 19.1 Å². The Morgan fingerprint density at radius 2 is 1.73 bits per heavy atom. The predicted octanol–water partition coefficient (Wildman–Crippen LogP) is 4.10. The number of carbonyl (C=O) groups excluding carboxylic acids is 3. The summed E-state index contributed by atoms with van der Waals surface area (Å²) in [5, 5.41) is 6.67. The monoisotopic (exact) mass is 443 g/mol. The maximum atomic E-state index is 12.6. The van der Waals surface area contributed by atoms with E-state index >= 15 is 0 Å². The summed E-state index contributed by atoms with van der Waals surface area (Å²) < 4.78 is 5.03. The van der Waals surface area contributed by atoms with Crippen LogP contribution >= 0.6 is 0 Å². The van der Waals surface area contributed by atoms with E-state index in [2.05, 4.69) is 15.6 Å². The highest BCUT2D eigenvalue weighted by Gasteiger charge is 2.20. The Morgan fingerprint density at radius 3 is 2.58 bits per heavy atom. The minimum Gasteiger partial charge on any atom is -0.452 e. The van der Waals surface area contributed by atoms with Crippen LogP contribution in [0.15, 0.2) is 66.7 Å². The van der Waals surface area contributed by atoms with Gasteiger partial charge in [0.1, 0.15) is 0 Å². The molecule has 2 N–H and O–H groups in total. The second-order valence-corrected chi connectivity index (χ2v) is 7.92. The number of hydrogen-bond donors (Lipinski definition) is 2. The van der Waals surface area contributed by atoms with Crippen molar-refractivity contribution in [3.8, 4) is 0 Å². The minimum atomic E-state index is -0.660. The molecule has 7 nitrogen and oxygen atoms in total. The maximum Gasteiger partial charge on any atom is 0.331 e. The van der Waals surface area contributed by atoms with E-state index in [0.717, 1.165) is 36.6 Å². The topological polar surface area (TPSA) is 97.4 Å². The van der Waals surface area contributed by atoms with Crippen molar-refractivity contribution in [3.63, 3.8) is 0 Å². The van der Waals surface area contributed by atoms with Gasteiger partial charge in [0.25, 0.3) is 11.8 Å². The van der Waals surface area contributed by atoms with Crippen molar-refractivity contribution in [3.05, 3.63) is 78.0 Å². The smallest absolute Gasteiger partial charge is 0.331 e. The standard InChI is InChI=1S/C26H25N3O4/c30-24(29-23-12-6-4-10-21(23)26(32)28-19-8-2-3-9-19)17-33-25(31)16-15-20-14-13-18-7-1-5-11-22(18)27-20/h1,4-7,10-16,19H,2-3,8-9,17H2,(H,28,32)(H,29,30). The highest BCUT2D eigenvalue weighted by molar-refractivity contribution is 6.04. The van der Waals surface area contributed by atoms with E-state index < -0.39 is 18.5 Å². The molecule has 1 saturated carbocycles. The molecule has 0 aliphatic heterocycles. The van der Waals surface area contributed by atoms with Gasteiger partial charge < -0.3 is 15.4 Å². The zero-order chi connectivity index (χ0) is 23.0. The fourth-order valence-electron chi connectivity index (χ4n) is 3.82. The molecular formula is C26H25N3O4. The van der Waals surface area contributed by atoms with E-state index in [9.17, 15) is 14.4 Å². The lowest BCUT2D eigenvalue weighted by Crippen LogP contribution is -2.33. The van der Waals surface area contributed by atoms with Crippen LogP contribution in [0.5, 0.6) is 0 Å². The fraction of sp³-hybridized carbons (Fsp3) is 0.231. The van der Waals surface area contributed by atoms with Crippen molar-refractivity contribution in [2.24, 2.45) is 0 Å².